The van der Waals surface area contributed by atoms with Crippen LogP contribution >= 0.6 is 23.2 Å². The summed E-state index contributed by atoms with van der Waals surface area (Å²) in [6, 6.07) is 9.35. The molecule has 0 saturated heterocycles. The molecule has 1 aromatic heterocycles. The molecule has 0 bridgehead atoms. The largest absolute Gasteiger partial charge is 0.298 e. The second kappa shape index (κ2) is 11.1. The van der Waals surface area contributed by atoms with Crippen molar-refractivity contribution in [3.8, 4) is 0 Å². The van der Waals surface area contributed by atoms with Crippen molar-refractivity contribution in [3.05, 3.63) is 64.9 Å². The molecule has 4 rings (SSSR count). The Hall–Kier alpha value is -3.40. The summed E-state index contributed by atoms with van der Waals surface area (Å²) in [4.78, 5) is 7.64. The summed E-state index contributed by atoms with van der Waals surface area (Å²) >= 11 is 11.6. The predicted octanol–water partition coefficient (Wildman–Crippen LogP) is 3.88. The molecule has 0 aliphatic carbocycles. The van der Waals surface area contributed by atoms with E-state index in [0.717, 1.165) is 18.2 Å². The quantitative estimate of drug-likeness (QED) is 0.118. The third kappa shape index (κ3) is 6.74. The van der Waals surface area contributed by atoms with Gasteiger partial charge in [-0.05, 0) is 46.8 Å². The minimum Gasteiger partial charge on any atom is -0.288 e. The first-order chi connectivity index (χ1) is 19.0. The summed E-state index contributed by atoms with van der Waals surface area (Å²) in [5.74, 6) is -0.198. The van der Waals surface area contributed by atoms with E-state index < -0.39 is 68.6 Å². The summed E-state index contributed by atoms with van der Waals surface area (Å²) < 4.78 is 101. The zero-order chi connectivity index (χ0) is 30.3. The van der Waals surface area contributed by atoms with Crippen LogP contribution < -0.4 is 5.06 Å². The Bertz CT molecular complexity index is 2040. The lowest BCUT2D eigenvalue weighted by Gasteiger charge is -2.21. The van der Waals surface area contributed by atoms with Crippen molar-refractivity contribution in [1.82, 2.24) is 15.0 Å². The Labute approximate surface area is 241 Å². The van der Waals surface area contributed by atoms with E-state index in [1.807, 2.05) is 0 Å². The van der Waals surface area contributed by atoms with Gasteiger partial charge in [0.05, 0.1) is 0 Å². The average molecular weight is 665 g/mol. The number of fused-ring (bicyclic) bond motifs is 1. The number of aromatic nitrogens is 3. The number of hydrogen-bond donors (Lipinski definition) is 4. The first-order valence-electron chi connectivity index (χ1n) is 10.5. The minimum atomic E-state index is -5.37. The van der Waals surface area contributed by atoms with Crippen molar-refractivity contribution in [2.75, 3.05) is 5.06 Å². The molecule has 0 fully saturated rings. The molecule has 0 unspecified atom stereocenters. The van der Waals surface area contributed by atoms with Crippen molar-refractivity contribution < 1.29 is 44.1 Å². The lowest BCUT2D eigenvalue weighted by molar-refractivity contribution is 0.248. The average Bonchev–Trinajstić information content (AvgIpc) is 2.84. The van der Waals surface area contributed by atoms with E-state index in [1.54, 1.807) is 0 Å². The van der Waals surface area contributed by atoms with E-state index in [2.05, 4.69) is 25.2 Å². The van der Waals surface area contributed by atoms with Crippen LogP contribution in [0.2, 0.25) is 10.6 Å². The molecule has 0 spiro atoms. The molecule has 0 saturated carbocycles. The van der Waals surface area contributed by atoms with Crippen molar-refractivity contribution in [1.29, 1.82) is 0 Å². The van der Waals surface area contributed by atoms with E-state index in [4.69, 9.17) is 23.2 Å². The molecule has 3 aromatic carbocycles. The maximum absolute atomic E-state index is 12.4. The normalized spacial score (nSPS) is 12.7. The fraction of sp³-hybridized carbons (Fsp3) is 0.0500. The maximum atomic E-state index is 12.4. The molecule has 0 aliphatic heterocycles. The van der Waals surface area contributed by atoms with Gasteiger partial charge in [-0.3, -0.25) is 18.9 Å². The van der Waals surface area contributed by atoms with Gasteiger partial charge in [0.2, 0.25) is 10.6 Å². The monoisotopic (exact) mass is 664 g/mol. The molecule has 4 aromatic rings. The number of azo groups is 1. The van der Waals surface area contributed by atoms with Crippen molar-refractivity contribution in [2.24, 2.45) is 10.2 Å². The Morgan fingerprint density at radius 2 is 1.37 bits per heavy atom. The number of rotatable bonds is 8. The molecule has 0 amide bonds. The fourth-order valence-electron chi connectivity index (χ4n) is 3.64. The molecule has 0 radical (unpaired) electrons. The van der Waals surface area contributed by atoms with Crippen LogP contribution in [0.1, 0.15) is 5.82 Å². The zero-order valence-electron chi connectivity index (χ0n) is 19.7. The van der Waals surface area contributed by atoms with Gasteiger partial charge in [0.25, 0.3) is 30.4 Å². The van der Waals surface area contributed by atoms with Gasteiger partial charge in [-0.25, -0.2) is 15.0 Å². The Balaban J connectivity index is 2.03. The van der Waals surface area contributed by atoms with Gasteiger partial charge in [0.15, 0.2) is 5.82 Å². The lowest BCUT2D eigenvalue weighted by atomic mass is 10.1. The van der Waals surface area contributed by atoms with E-state index in [-0.39, 0.29) is 27.2 Å². The van der Waals surface area contributed by atoms with E-state index in [9.17, 15) is 44.1 Å². The third-order valence-corrected chi connectivity index (χ3v) is 8.34. The number of nitrogens with zero attached hydrogens (tertiary/aromatic N) is 6. The number of anilines is 1. The number of hydrogen-bond acceptors (Lipinski definition) is 13. The van der Waals surface area contributed by atoms with E-state index in [0.29, 0.717) is 11.1 Å². The molecule has 0 atom stereocenters. The summed E-state index contributed by atoms with van der Waals surface area (Å²) in [7, 11) is -15.7. The summed E-state index contributed by atoms with van der Waals surface area (Å²) in [5.41, 5.74) is -2.05. The van der Waals surface area contributed by atoms with Crippen LogP contribution in [0.3, 0.4) is 0 Å². The number of halogens is 2. The first kappa shape index (κ1) is 30.6. The van der Waals surface area contributed by atoms with Crippen LogP contribution in [0.25, 0.3) is 10.8 Å². The SMILES string of the molecule is O=S(=O)(O)c1cc2ccccc2c(N(O)Cc2nc(Cl)nc(Cl)n2)c1N=Nc1cccc(S(=O)(=O)O)c1S(=O)(=O)O. The highest BCUT2D eigenvalue weighted by molar-refractivity contribution is 7.89. The molecule has 21 heteroatoms. The molecular formula is C20H14Cl2N6O10S3. The van der Waals surface area contributed by atoms with Crippen LogP contribution in [0.4, 0.5) is 17.1 Å². The highest BCUT2D eigenvalue weighted by Crippen LogP contribution is 2.43. The predicted molar refractivity (Wildman–Crippen MR) is 142 cm³/mol. The van der Waals surface area contributed by atoms with E-state index >= 15 is 0 Å². The van der Waals surface area contributed by atoms with Gasteiger partial charge in [0, 0.05) is 5.39 Å². The molecule has 4 N–H and O–H groups in total. The minimum absolute atomic E-state index is 0.129. The Morgan fingerprint density at radius 3 is 1.95 bits per heavy atom. The smallest absolute Gasteiger partial charge is 0.288 e. The molecule has 1 heterocycles. The summed E-state index contributed by atoms with van der Waals surface area (Å²) in [5, 5.41) is 18.4. The lowest BCUT2D eigenvalue weighted by Crippen LogP contribution is -2.20. The van der Waals surface area contributed by atoms with Crippen molar-refractivity contribution in [3.63, 3.8) is 0 Å². The van der Waals surface area contributed by atoms with Gasteiger partial charge >= 0.3 is 0 Å². The second-order valence-corrected chi connectivity index (χ2v) is 12.7. The Kier molecular flexibility index (Phi) is 8.28. The van der Waals surface area contributed by atoms with Gasteiger partial charge in [0.1, 0.15) is 38.3 Å². The molecule has 216 valence electrons. The van der Waals surface area contributed by atoms with Crippen LogP contribution in [0, 0.1) is 0 Å². The van der Waals surface area contributed by atoms with Crippen molar-refractivity contribution in [2.45, 2.75) is 21.2 Å². The maximum Gasteiger partial charge on any atom is 0.298 e. The number of hydroxylamine groups is 1. The number of benzene rings is 3. The molecular weight excluding hydrogens is 651 g/mol. The first-order valence-corrected chi connectivity index (χ1v) is 15.6. The fourth-order valence-corrected chi connectivity index (χ4v) is 6.62. The third-order valence-electron chi connectivity index (χ3n) is 5.17. The van der Waals surface area contributed by atoms with Crippen molar-refractivity contribution >= 4 is 81.4 Å². The van der Waals surface area contributed by atoms with Gasteiger partial charge < -0.3 is 0 Å². The highest BCUT2D eigenvalue weighted by atomic mass is 35.5. The van der Waals surface area contributed by atoms with E-state index in [1.165, 1.54) is 24.3 Å². The van der Waals surface area contributed by atoms with Crippen LogP contribution in [-0.2, 0) is 36.9 Å². The van der Waals surface area contributed by atoms with Gasteiger partial charge in [-0.2, -0.15) is 30.2 Å². The van der Waals surface area contributed by atoms with Gasteiger partial charge in [-0.1, -0.05) is 30.3 Å². The standard InChI is InChI=1S/C20H14Cl2N6O10S3/c21-19-23-15(24-20(22)25-19)9-28(29)17-11-5-2-1-4-10(11)8-14(40(33,34)35)16(17)27-26-12-6-3-7-13(39(30,31)32)18(12)41(36,37)38/h1-8,29H,9H2,(H,30,31,32)(H,33,34,35)(H,36,37,38). The highest BCUT2D eigenvalue weighted by Gasteiger charge is 2.29. The summed E-state index contributed by atoms with van der Waals surface area (Å²) in [6.45, 7) is -0.613. The molecule has 0 aliphatic rings. The molecule has 16 nitrogen and oxygen atoms in total. The Morgan fingerprint density at radius 1 is 0.756 bits per heavy atom. The topological polar surface area (TPSA) is 250 Å². The summed E-state index contributed by atoms with van der Waals surface area (Å²) in [6.07, 6.45) is 0. The molecule has 41 heavy (non-hydrogen) atoms. The second-order valence-electron chi connectivity index (χ2n) is 7.87. The van der Waals surface area contributed by atoms with Gasteiger partial charge in [-0.15, -0.1) is 10.2 Å². The van der Waals surface area contributed by atoms with Crippen LogP contribution in [0.5, 0.6) is 0 Å². The zero-order valence-corrected chi connectivity index (χ0v) is 23.7. The van der Waals surface area contributed by atoms with Crippen LogP contribution in [0.15, 0.2) is 73.4 Å². The van der Waals surface area contributed by atoms with Crippen LogP contribution in [-0.4, -0.2) is 59.1 Å².